The minimum Gasteiger partial charge on any atom is -0.496 e. The zero-order valence-electron chi connectivity index (χ0n) is 17.7. The molecule has 162 valence electrons. The SMILES string of the molecule is COc1cc(OC)c(OC)cc1C=NNC(=O)CSc1nnc(C)n1-c1ccccc1. The van der Waals surface area contributed by atoms with Gasteiger partial charge < -0.3 is 14.2 Å². The number of carbonyl (C=O) groups is 1. The number of amides is 1. The molecule has 0 aliphatic heterocycles. The monoisotopic (exact) mass is 441 g/mol. The van der Waals surface area contributed by atoms with Gasteiger partial charge >= 0.3 is 0 Å². The highest BCUT2D eigenvalue weighted by molar-refractivity contribution is 7.99. The number of rotatable bonds is 9. The van der Waals surface area contributed by atoms with Gasteiger partial charge in [0.15, 0.2) is 16.7 Å². The molecule has 3 aromatic rings. The number of methoxy groups -OCH3 is 3. The van der Waals surface area contributed by atoms with Gasteiger partial charge in [-0.15, -0.1) is 10.2 Å². The molecular weight excluding hydrogens is 418 g/mol. The maximum absolute atomic E-state index is 12.3. The van der Waals surface area contributed by atoms with Crippen molar-refractivity contribution in [2.45, 2.75) is 12.1 Å². The summed E-state index contributed by atoms with van der Waals surface area (Å²) in [6, 6.07) is 13.1. The van der Waals surface area contributed by atoms with Crippen LogP contribution in [0.2, 0.25) is 0 Å². The second-order valence-corrected chi connectivity index (χ2v) is 7.17. The number of ether oxygens (including phenoxy) is 3. The molecule has 0 aliphatic rings. The van der Waals surface area contributed by atoms with E-state index in [2.05, 4.69) is 20.7 Å². The fraction of sp³-hybridized carbons (Fsp3) is 0.238. The van der Waals surface area contributed by atoms with Gasteiger partial charge in [-0.2, -0.15) is 5.10 Å². The number of hydrogen-bond acceptors (Lipinski definition) is 8. The normalized spacial score (nSPS) is 10.8. The van der Waals surface area contributed by atoms with Crippen LogP contribution in [0.3, 0.4) is 0 Å². The quantitative estimate of drug-likeness (QED) is 0.310. The third kappa shape index (κ3) is 5.34. The zero-order chi connectivity index (χ0) is 22.2. The molecule has 10 heteroatoms. The number of nitrogens with one attached hydrogen (secondary N) is 1. The van der Waals surface area contributed by atoms with Crippen molar-refractivity contribution in [2.75, 3.05) is 27.1 Å². The van der Waals surface area contributed by atoms with E-state index >= 15 is 0 Å². The minimum absolute atomic E-state index is 0.130. The molecule has 1 heterocycles. The Balaban J connectivity index is 1.64. The van der Waals surface area contributed by atoms with Crippen LogP contribution in [0.1, 0.15) is 11.4 Å². The van der Waals surface area contributed by atoms with Gasteiger partial charge in [0.05, 0.1) is 33.3 Å². The summed E-state index contributed by atoms with van der Waals surface area (Å²) in [5, 5.41) is 12.9. The van der Waals surface area contributed by atoms with Crippen molar-refractivity contribution in [1.29, 1.82) is 0 Å². The Hall–Kier alpha value is -3.53. The van der Waals surface area contributed by atoms with Crippen LogP contribution in [0, 0.1) is 6.92 Å². The van der Waals surface area contributed by atoms with E-state index in [0.717, 1.165) is 11.5 Å². The summed E-state index contributed by atoms with van der Waals surface area (Å²) in [6.07, 6.45) is 1.49. The second-order valence-electron chi connectivity index (χ2n) is 6.23. The number of benzene rings is 2. The molecule has 0 spiro atoms. The summed E-state index contributed by atoms with van der Waals surface area (Å²) in [7, 11) is 4.63. The molecular formula is C21H23N5O4S. The molecule has 0 radical (unpaired) electrons. The van der Waals surface area contributed by atoms with Gasteiger partial charge in [-0.05, 0) is 25.1 Å². The Bertz CT molecular complexity index is 1070. The lowest BCUT2D eigenvalue weighted by atomic mass is 10.2. The van der Waals surface area contributed by atoms with Crippen molar-refractivity contribution in [3.63, 3.8) is 0 Å². The smallest absolute Gasteiger partial charge is 0.250 e. The van der Waals surface area contributed by atoms with Crippen molar-refractivity contribution in [3.8, 4) is 22.9 Å². The average Bonchev–Trinajstić information content (AvgIpc) is 3.18. The van der Waals surface area contributed by atoms with Crippen LogP contribution in [-0.2, 0) is 4.79 Å². The van der Waals surface area contributed by atoms with Crippen molar-refractivity contribution in [1.82, 2.24) is 20.2 Å². The predicted octanol–water partition coefficient (Wildman–Crippen LogP) is 2.84. The molecule has 0 aliphatic carbocycles. The number of aryl methyl sites for hydroxylation is 1. The first-order chi connectivity index (χ1) is 15.1. The van der Waals surface area contributed by atoms with Crippen LogP contribution in [0.25, 0.3) is 5.69 Å². The van der Waals surface area contributed by atoms with E-state index in [0.29, 0.717) is 28.0 Å². The van der Waals surface area contributed by atoms with Crippen LogP contribution in [0.5, 0.6) is 17.2 Å². The Morgan fingerprint density at radius 1 is 1.06 bits per heavy atom. The summed E-state index contributed by atoms with van der Waals surface area (Å²) >= 11 is 1.28. The van der Waals surface area contributed by atoms with Gasteiger partial charge in [-0.3, -0.25) is 9.36 Å². The molecule has 0 atom stereocenters. The first kappa shape index (κ1) is 22.2. The van der Waals surface area contributed by atoms with Crippen molar-refractivity contribution < 1.29 is 19.0 Å². The Morgan fingerprint density at radius 3 is 2.42 bits per heavy atom. The first-order valence-corrected chi connectivity index (χ1v) is 10.3. The fourth-order valence-corrected chi connectivity index (χ4v) is 3.59. The lowest BCUT2D eigenvalue weighted by Gasteiger charge is -2.11. The lowest BCUT2D eigenvalue weighted by Crippen LogP contribution is -2.20. The molecule has 9 nitrogen and oxygen atoms in total. The number of para-hydroxylation sites is 1. The summed E-state index contributed by atoms with van der Waals surface area (Å²) in [5.74, 6) is 2.20. The highest BCUT2D eigenvalue weighted by Crippen LogP contribution is 2.33. The van der Waals surface area contributed by atoms with E-state index < -0.39 is 0 Å². The second kappa shape index (κ2) is 10.5. The topological polar surface area (TPSA) is 99.9 Å². The van der Waals surface area contributed by atoms with E-state index in [1.165, 1.54) is 18.0 Å². The molecule has 31 heavy (non-hydrogen) atoms. The Labute approximate surface area is 184 Å². The molecule has 0 saturated heterocycles. The lowest BCUT2D eigenvalue weighted by molar-refractivity contribution is -0.118. The summed E-state index contributed by atoms with van der Waals surface area (Å²) < 4.78 is 17.8. The van der Waals surface area contributed by atoms with Crippen LogP contribution in [-0.4, -0.2) is 54.0 Å². The van der Waals surface area contributed by atoms with Crippen molar-refractivity contribution >= 4 is 23.9 Å². The molecule has 1 amide bonds. The van der Waals surface area contributed by atoms with E-state index in [-0.39, 0.29) is 11.7 Å². The fourth-order valence-electron chi connectivity index (χ4n) is 2.80. The summed E-state index contributed by atoms with van der Waals surface area (Å²) in [4.78, 5) is 12.3. The third-order valence-electron chi connectivity index (χ3n) is 4.27. The molecule has 0 fully saturated rings. The van der Waals surface area contributed by atoms with Gasteiger partial charge in [0, 0.05) is 17.3 Å². The van der Waals surface area contributed by atoms with Gasteiger partial charge in [-0.25, -0.2) is 5.43 Å². The molecule has 1 N–H and O–H groups in total. The van der Waals surface area contributed by atoms with Crippen LogP contribution < -0.4 is 19.6 Å². The Kier molecular flexibility index (Phi) is 7.50. The van der Waals surface area contributed by atoms with E-state index in [4.69, 9.17) is 14.2 Å². The van der Waals surface area contributed by atoms with E-state index in [1.54, 1.807) is 33.5 Å². The predicted molar refractivity (Wildman–Crippen MR) is 119 cm³/mol. The van der Waals surface area contributed by atoms with Gasteiger partial charge in [0.1, 0.15) is 11.6 Å². The molecule has 0 saturated carbocycles. The average molecular weight is 442 g/mol. The van der Waals surface area contributed by atoms with Crippen molar-refractivity contribution in [2.24, 2.45) is 5.10 Å². The minimum atomic E-state index is -0.277. The molecule has 3 rings (SSSR count). The summed E-state index contributed by atoms with van der Waals surface area (Å²) in [5.41, 5.74) is 4.08. The first-order valence-electron chi connectivity index (χ1n) is 9.29. The maximum Gasteiger partial charge on any atom is 0.250 e. The zero-order valence-corrected chi connectivity index (χ0v) is 18.5. The molecule has 0 unspecified atom stereocenters. The summed E-state index contributed by atoms with van der Waals surface area (Å²) in [6.45, 7) is 1.87. The Morgan fingerprint density at radius 2 is 1.74 bits per heavy atom. The highest BCUT2D eigenvalue weighted by atomic mass is 32.2. The largest absolute Gasteiger partial charge is 0.496 e. The number of carbonyl (C=O) groups excluding carboxylic acids is 1. The molecule has 0 bridgehead atoms. The van der Waals surface area contributed by atoms with Gasteiger partial charge in [-0.1, -0.05) is 30.0 Å². The van der Waals surface area contributed by atoms with Crippen LogP contribution >= 0.6 is 11.8 Å². The molecule has 1 aromatic heterocycles. The number of nitrogens with zero attached hydrogens (tertiary/aromatic N) is 4. The third-order valence-corrected chi connectivity index (χ3v) is 5.20. The highest BCUT2D eigenvalue weighted by Gasteiger charge is 2.13. The standard InChI is InChI=1S/C21H23N5O4S/c1-14-23-25-21(26(14)16-8-6-5-7-9-16)31-13-20(27)24-22-12-15-10-18(29-3)19(30-4)11-17(15)28-2/h5-12H,13H2,1-4H3,(H,24,27). The van der Waals surface area contributed by atoms with E-state index in [1.807, 2.05) is 41.8 Å². The van der Waals surface area contributed by atoms with Gasteiger partial charge in [0.2, 0.25) is 0 Å². The van der Waals surface area contributed by atoms with E-state index in [9.17, 15) is 4.79 Å². The maximum atomic E-state index is 12.3. The van der Waals surface area contributed by atoms with Crippen LogP contribution in [0.4, 0.5) is 0 Å². The van der Waals surface area contributed by atoms with Gasteiger partial charge in [0.25, 0.3) is 5.91 Å². The van der Waals surface area contributed by atoms with Crippen molar-refractivity contribution in [3.05, 3.63) is 53.9 Å². The number of thioether (sulfide) groups is 1. The molecule has 2 aromatic carbocycles. The number of hydrazone groups is 1. The number of aromatic nitrogens is 3. The van der Waals surface area contributed by atoms with Crippen LogP contribution in [0.15, 0.2) is 52.7 Å². The number of hydrogen-bond donors (Lipinski definition) is 1.